The predicted octanol–water partition coefficient (Wildman–Crippen LogP) is 3.74. The molecule has 0 aromatic heterocycles. The largest absolute Gasteiger partial charge is 0.326 e. The van der Waals surface area contributed by atoms with E-state index in [1.54, 1.807) is 26.8 Å². The average molecular weight is 329 g/mol. The van der Waals surface area contributed by atoms with Crippen molar-refractivity contribution in [3.63, 3.8) is 0 Å². The van der Waals surface area contributed by atoms with Crippen LogP contribution in [0.5, 0.6) is 0 Å². The number of anilines is 1. The molecule has 0 fully saturated rings. The zero-order valence-electron chi connectivity index (χ0n) is 14.0. The highest BCUT2D eigenvalue weighted by Crippen LogP contribution is 2.27. The molecule has 1 aliphatic rings. The molecule has 4 nitrogen and oxygen atoms in total. The van der Waals surface area contributed by atoms with Crippen molar-refractivity contribution in [1.29, 1.82) is 0 Å². The van der Waals surface area contributed by atoms with Crippen molar-refractivity contribution in [2.24, 2.45) is 0 Å². The van der Waals surface area contributed by atoms with Crippen LogP contribution in [0.2, 0.25) is 0 Å². The molecule has 24 heavy (non-hydrogen) atoms. The number of carbonyl (C=O) groups excluding carboxylic acids is 3. The Bertz CT molecular complexity index is 775. The number of halogens is 1. The van der Waals surface area contributed by atoms with Crippen LogP contribution in [0.3, 0.4) is 0 Å². The van der Waals surface area contributed by atoms with Gasteiger partial charge in [-0.05, 0) is 51.8 Å². The van der Waals surface area contributed by atoms with Crippen LogP contribution in [0.4, 0.5) is 10.1 Å². The molecule has 0 unspecified atom stereocenters. The van der Waals surface area contributed by atoms with E-state index in [-0.39, 0.29) is 23.9 Å². The molecule has 0 atom stereocenters. The van der Waals surface area contributed by atoms with Gasteiger partial charge < -0.3 is 5.32 Å². The molecular formula is C19H20FNO3. The van der Waals surface area contributed by atoms with Crippen LogP contribution >= 0.6 is 0 Å². The predicted molar refractivity (Wildman–Crippen MR) is 90.0 cm³/mol. The van der Waals surface area contributed by atoms with Gasteiger partial charge in [-0.25, -0.2) is 4.39 Å². The van der Waals surface area contributed by atoms with E-state index in [0.717, 1.165) is 0 Å². The maximum absolute atomic E-state index is 13.1. The standard InChI is InChI=1S/C19H20FNO3/c1-11-12(2)19(24)16(13(3)18(11)23)8-5-9-17(22)21-15-7-4-6-14(20)10-15/h4,6-7,10H,5,8-9H2,1-3H3,(H,21,22). The molecule has 1 aromatic carbocycles. The first-order valence-electron chi connectivity index (χ1n) is 7.83. The summed E-state index contributed by atoms with van der Waals surface area (Å²) in [4.78, 5) is 36.3. The number of hydrogen-bond acceptors (Lipinski definition) is 3. The average Bonchev–Trinajstić information content (AvgIpc) is 2.54. The van der Waals surface area contributed by atoms with E-state index in [2.05, 4.69) is 5.32 Å². The third-order valence-corrected chi connectivity index (χ3v) is 4.25. The number of allylic oxidation sites excluding steroid dienone is 4. The molecule has 1 N–H and O–H groups in total. The van der Waals surface area contributed by atoms with Gasteiger partial charge in [0.2, 0.25) is 5.91 Å². The molecule has 0 aliphatic heterocycles. The molecule has 0 radical (unpaired) electrons. The smallest absolute Gasteiger partial charge is 0.224 e. The van der Waals surface area contributed by atoms with Gasteiger partial charge in [0.1, 0.15) is 5.82 Å². The number of rotatable bonds is 5. The lowest BCUT2D eigenvalue weighted by atomic mass is 9.84. The molecule has 5 heteroatoms. The zero-order valence-corrected chi connectivity index (χ0v) is 14.0. The Kier molecular flexibility index (Phi) is 5.44. The fourth-order valence-corrected chi connectivity index (χ4v) is 2.67. The number of ketones is 2. The normalized spacial score (nSPS) is 15.2. The molecule has 1 aromatic rings. The van der Waals surface area contributed by atoms with Crippen LogP contribution in [-0.2, 0) is 14.4 Å². The van der Waals surface area contributed by atoms with Crippen LogP contribution in [0.25, 0.3) is 0 Å². The van der Waals surface area contributed by atoms with Gasteiger partial charge in [-0.2, -0.15) is 0 Å². The number of nitrogens with one attached hydrogen (secondary N) is 1. The molecule has 126 valence electrons. The first-order chi connectivity index (χ1) is 11.3. The Balaban J connectivity index is 1.93. The summed E-state index contributed by atoms with van der Waals surface area (Å²) >= 11 is 0. The van der Waals surface area contributed by atoms with Crippen molar-refractivity contribution in [3.05, 3.63) is 52.4 Å². The molecule has 2 rings (SSSR count). The highest BCUT2D eigenvalue weighted by molar-refractivity contribution is 6.24. The lowest BCUT2D eigenvalue weighted by Gasteiger charge is -2.18. The fourth-order valence-electron chi connectivity index (χ4n) is 2.67. The topological polar surface area (TPSA) is 63.2 Å². The summed E-state index contributed by atoms with van der Waals surface area (Å²) in [5, 5.41) is 2.61. The van der Waals surface area contributed by atoms with Gasteiger partial charge in [-0.3, -0.25) is 14.4 Å². The monoisotopic (exact) mass is 329 g/mol. The van der Waals surface area contributed by atoms with Gasteiger partial charge in [-0.15, -0.1) is 0 Å². The van der Waals surface area contributed by atoms with Gasteiger partial charge in [0, 0.05) is 34.4 Å². The first-order valence-corrected chi connectivity index (χ1v) is 7.83. The Morgan fingerprint density at radius 3 is 2.38 bits per heavy atom. The highest BCUT2D eigenvalue weighted by atomic mass is 19.1. The van der Waals surface area contributed by atoms with E-state index >= 15 is 0 Å². The first kappa shape index (κ1) is 17.8. The number of benzene rings is 1. The highest BCUT2D eigenvalue weighted by Gasteiger charge is 2.27. The molecule has 0 heterocycles. The minimum atomic E-state index is -0.419. The summed E-state index contributed by atoms with van der Waals surface area (Å²) in [6, 6.07) is 5.66. The van der Waals surface area contributed by atoms with Gasteiger partial charge in [0.15, 0.2) is 11.6 Å². The molecule has 0 bridgehead atoms. The third kappa shape index (κ3) is 3.85. The molecular weight excluding hydrogens is 309 g/mol. The maximum atomic E-state index is 13.1. The van der Waals surface area contributed by atoms with Gasteiger partial charge in [0.25, 0.3) is 0 Å². The van der Waals surface area contributed by atoms with Crippen molar-refractivity contribution in [2.45, 2.75) is 40.0 Å². The van der Waals surface area contributed by atoms with E-state index in [4.69, 9.17) is 0 Å². The van der Waals surface area contributed by atoms with Crippen molar-refractivity contribution >= 4 is 23.2 Å². The minimum Gasteiger partial charge on any atom is -0.326 e. The molecule has 0 saturated carbocycles. The molecule has 1 amide bonds. The fraction of sp³-hybridized carbons (Fsp3) is 0.316. The van der Waals surface area contributed by atoms with E-state index in [9.17, 15) is 18.8 Å². The summed E-state index contributed by atoms with van der Waals surface area (Å²) in [5.41, 5.74) is 2.32. The lowest BCUT2D eigenvalue weighted by Crippen LogP contribution is -2.21. The van der Waals surface area contributed by atoms with Crippen molar-refractivity contribution in [1.82, 2.24) is 0 Å². The minimum absolute atomic E-state index is 0.105. The SMILES string of the molecule is CC1=C(C)C(=O)C(CCCC(=O)Nc2cccc(F)c2)=C(C)C1=O. The summed E-state index contributed by atoms with van der Waals surface area (Å²) in [6.45, 7) is 4.96. The third-order valence-electron chi connectivity index (χ3n) is 4.25. The number of Topliss-reactive ketones (excluding diaryl/α,β-unsaturated/α-hetero) is 2. The second kappa shape index (κ2) is 7.34. The Morgan fingerprint density at radius 2 is 1.71 bits per heavy atom. The quantitative estimate of drug-likeness (QED) is 0.837. The summed E-state index contributed by atoms with van der Waals surface area (Å²) in [5.74, 6) is -0.893. The Labute approximate surface area is 140 Å². The zero-order chi connectivity index (χ0) is 17.9. The number of amides is 1. The maximum Gasteiger partial charge on any atom is 0.224 e. The number of hydrogen-bond donors (Lipinski definition) is 1. The second-order valence-corrected chi connectivity index (χ2v) is 5.92. The summed E-state index contributed by atoms with van der Waals surface area (Å²) in [6.07, 6.45) is 1.01. The van der Waals surface area contributed by atoms with Crippen LogP contribution in [0.1, 0.15) is 40.0 Å². The van der Waals surface area contributed by atoms with Gasteiger partial charge >= 0.3 is 0 Å². The van der Waals surface area contributed by atoms with Gasteiger partial charge in [-0.1, -0.05) is 6.07 Å². The van der Waals surface area contributed by atoms with Crippen molar-refractivity contribution < 1.29 is 18.8 Å². The van der Waals surface area contributed by atoms with Crippen LogP contribution in [0.15, 0.2) is 46.6 Å². The van der Waals surface area contributed by atoms with E-state index < -0.39 is 5.82 Å². The van der Waals surface area contributed by atoms with Crippen LogP contribution in [-0.4, -0.2) is 17.5 Å². The lowest BCUT2D eigenvalue weighted by molar-refractivity contribution is -0.117. The van der Waals surface area contributed by atoms with Crippen LogP contribution in [0, 0.1) is 5.82 Å². The molecule has 0 saturated heterocycles. The Hall–Kier alpha value is -2.56. The van der Waals surface area contributed by atoms with Crippen molar-refractivity contribution in [2.75, 3.05) is 5.32 Å². The summed E-state index contributed by atoms with van der Waals surface area (Å²) < 4.78 is 13.1. The van der Waals surface area contributed by atoms with Crippen molar-refractivity contribution in [3.8, 4) is 0 Å². The van der Waals surface area contributed by atoms with E-state index in [1.807, 2.05) is 0 Å². The molecule has 1 aliphatic carbocycles. The van der Waals surface area contributed by atoms with Gasteiger partial charge in [0.05, 0.1) is 0 Å². The van der Waals surface area contributed by atoms with E-state index in [0.29, 0.717) is 40.8 Å². The summed E-state index contributed by atoms with van der Waals surface area (Å²) in [7, 11) is 0. The number of carbonyl (C=O) groups is 3. The molecule has 0 spiro atoms. The van der Waals surface area contributed by atoms with E-state index in [1.165, 1.54) is 18.2 Å². The Morgan fingerprint density at radius 1 is 1.04 bits per heavy atom. The second-order valence-electron chi connectivity index (χ2n) is 5.92. The van der Waals surface area contributed by atoms with Crippen LogP contribution < -0.4 is 5.32 Å².